The number of aliphatic imine (C=N–C) groups is 1. The summed E-state index contributed by atoms with van der Waals surface area (Å²) in [4.78, 5) is 40.7. The van der Waals surface area contributed by atoms with E-state index in [2.05, 4.69) is 4.99 Å². The summed E-state index contributed by atoms with van der Waals surface area (Å²) >= 11 is 0. The summed E-state index contributed by atoms with van der Waals surface area (Å²) in [5.74, 6) is -0.529. The van der Waals surface area contributed by atoms with Crippen LogP contribution in [0.1, 0.15) is 19.3 Å². The number of ether oxygens (including phenoxy) is 1. The van der Waals surface area contributed by atoms with Crippen molar-refractivity contribution in [2.24, 2.45) is 22.7 Å². The fraction of sp³-hybridized carbons (Fsp3) is 0.667. The first kappa shape index (κ1) is 14.0. The maximum absolute atomic E-state index is 12.8. The van der Waals surface area contributed by atoms with Crippen LogP contribution < -0.4 is 0 Å². The molecule has 0 aromatic rings. The summed E-state index contributed by atoms with van der Waals surface area (Å²) in [5.41, 5.74) is 0. The molecule has 6 nitrogen and oxygen atoms in total. The van der Waals surface area contributed by atoms with Crippen molar-refractivity contribution >= 4 is 18.0 Å². The van der Waals surface area contributed by atoms with Crippen LogP contribution in [0, 0.1) is 17.8 Å². The summed E-state index contributed by atoms with van der Waals surface area (Å²) in [5, 5.41) is 0. The Kier molecular flexibility index (Phi) is 3.64. The van der Waals surface area contributed by atoms with Crippen LogP contribution in [-0.2, 0) is 19.1 Å². The van der Waals surface area contributed by atoms with Crippen molar-refractivity contribution in [3.05, 3.63) is 12.2 Å². The molecule has 3 rings (SSSR count). The quantitative estimate of drug-likeness (QED) is 0.331. The van der Waals surface area contributed by atoms with E-state index < -0.39 is 6.04 Å². The fourth-order valence-electron chi connectivity index (χ4n) is 3.97. The minimum absolute atomic E-state index is 0.0799. The van der Waals surface area contributed by atoms with E-state index in [4.69, 9.17) is 4.74 Å². The van der Waals surface area contributed by atoms with Crippen molar-refractivity contribution in [1.29, 1.82) is 0 Å². The van der Waals surface area contributed by atoms with Crippen LogP contribution in [0.25, 0.3) is 0 Å². The second-order valence-electron chi connectivity index (χ2n) is 5.90. The highest BCUT2D eigenvalue weighted by Crippen LogP contribution is 2.46. The van der Waals surface area contributed by atoms with E-state index in [0.717, 1.165) is 12.8 Å². The van der Waals surface area contributed by atoms with E-state index >= 15 is 0 Å². The third-order valence-electron chi connectivity index (χ3n) is 4.91. The van der Waals surface area contributed by atoms with Gasteiger partial charge in [0.2, 0.25) is 12.0 Å². The largest absolute Gasteiger partial charge is 0.467 e. The first-order chi connectivity index (χ1) is 10.2. The molecular weight excluding hydrogens is 272 g/mol. The summed E-state index contributed by atoms with van der Waals surface area (Å²) in [7, 11) is 1.34. The van der Waals surface area contributed by atoms with Gasteiger partial charge in [0.05, 0.1) is 19.1 Å². The van der Waals surface area contributed by atoms with Gasteiger partial charge in [-0.25, -0.2) is 14.6 Å². The Morgan fingerprint density at radius 1 is 1.33 bits per heavy atom. The second kappa shape index (κ2) is 5.45. The van der Waals surface area contributed by atoms with Crippen LogP contribution in [0.3, 0.4) is 0 Å². The highest BCUT2D eigenvalue weighted by molar-refractivity contribution is 5.87. The average Bonchev–Trinajstić information content (AvgIpc) is 3.21. The molecule has 6 heteroatoms. The average molecular weight is 290 g/mol. The van der Waals surface area contributed by atoms with Crippen molar-refractivity contribution in [1.82, 2.24) is 4.90 Å². The highest BCUT2D eigenvalue weighted by atomic mass is 16.5. The van der Waals surface area contributed by atoms with Crippen LogP contribution in [0.5, 0.6) is 0 Å². The zero-order chi connectivity index (χ0) is 15.0. The molecule has 2 fully saturated rings. The smallest absolute Gasteiger partial charge is 0.328 e. The van der Waals surface area contributed by atoms with Crippen LogP contribution in [0.2, 0.25) is 0 Å². The van der Waals surface area contributed by atoms with Gasteiger partial charge < -0.3 is 9.64 Å². The zero-order valence-electron chi connectivity index (χ0n) is 11.9. The normalized spacial score (nSPS) is 36.6. The fourth-order valence-corrected chi connectivity index (χ4v) is 3.97. The minimum Gasteiger partial charge on any atom is -0.467 e. The summed E-state index contributed by atoms with van der Waals surface area (Å²) < 4.78 is 4.78. The topological polar surface area (TPSA) is 76.0 Å². The molecule has 1 heterocycles. The van der Waals surface area contributed by atoms with Crippen molar-refractivity contribution in [2.75, 3.05) is 13.7 Å². The van der Waals surface area contributed by atoms with Gasteiger partial charge in [-0.2, -0.15) is 0 Å². The molecule has 3 aliphatic rings. The van der Waals surface area contributed by atoms with Gasteiger partial charge in [-0.15, -0.1) is 0 Å². The minimum atomic E-state index is -0.494. The van der Waals surface area contributed by atoms with Crippen molar-refractivity contribution in [3.8, 4) is 0 Å². The Balaban J connectivity index is 1.82. The van der Waals surface area contributed by atoms with E-state index in [1.807, 2.05) is 12.2 Å². The zero-order valence-corrected chi connectivity index (χ0v) is 11.9. The van der Waals surface area contributed by atoms with Gasteiger partial charge in [0, 0.05) is 12.5 Å². The standard InChI is InChI=1S/C15H18N2O4/c1-21-15(20)11-3-2-6-17(11)14(19)12-9-4-5-10(7-9)13(12)16-8-18/h4-5,9-13H,2-3,6-7H2,1H3/t9-,10+,11?,12-,13+/m1/s1. The Bertz CT molecular complexity index is 538. The summed E-state index contributed by atoms with van der Waals surface area (Å²) in [6, 6.07) is -0.824. The monoisotopic (exact) mass is 290 g/mol. The number of isocyanates is 1. The number of amides is 1. The number of hydrogen-bond acceptors (Lipinski definition) is 5. The molecule has 1 saturated heterocycles. The number of esters is 1. The molecule has 0 aromatic carbocycles. The van der Waals surface area contributed by atoms with Gasteiger partial charge in [-0.1, -0.05) is 12.2 Å². The lowest BCUT2D eigenvalue weighted by atomic mass is 9.88. The molecule has 2 aliphatic carbocycles. The first-order valence-corrected chi connectivity index (χ1v) is 7.31. The number of rotatable bonds is 3. The molecule has 0 N–H and O–H groups in total. The van der Waals surface area contributed by atoms with Crippen LogP contribution >= 0.6 is 0 Å². The maximum Gasteiger partial charge on any atom is 0.328 e. The molecule has 0 spiro atoms. The lowest BCUT2D eigenvalue weighted by Crippen LogP contribution is -2.47. The van der Waals surface area contributed by atoms with E-state index in [1.54, 1.807) is 11.0 Å². The predicted octanol–water partition coefficient (Wildman–Crippen LogP) is 0.677. The molecular formula is C15H18N2O4. The molecule has 0 aromatic heterocycles. The molecule has 1 saturated carbocycles. The summed E-state index contributed by atoms with van der Waals surface area (Å²) in [6.07, 6.45) is 7.94. The van der Waals surface area contributed by atoms with E-state index in [0.29, 0.717) is 13.0 Å². The number of nitrogens with zero attached hydrogens (tertiary/aromatic N) is 2. The van der Waals surface area contributed by atoms with Crippen LogP contribution in [0.15, 0.2) is 17.1 Å². The Labute approximate surface area is 122 Å². The number of carbonyl (C=O) groups excluding carboxylic acids is 3. The van der Waals surface area contributed by atoms with Gasteiger partial charge in [0.15, 0.2) is 0 Å². The van der Waals surface area contributed by atoms with Gasteiger partial charge in [-0.3, -0.25) is 4.79 Å². The van der Waals surface area contributed by atoms with Gasteiger partial charge in [0.1, 0.15) is 6.04 Å². The summed E-state index contributed by atoms with van der Waals surface area (Å²) in [6.45, 7) is 0.563. The number of allylic oxidation sites excluding steroid dienone is 1. The Morgan fingerprint density at radius 2 is 2.10 bits per heavy atom. The van der Waals surface area contributed by atoms with Crippen molar-refractivity contribution in [2.45, 2.75) is 31.3 Å². The predicted molar refractivity (Wildman–Crippen MR) is 72.9 cm³/mol. The molecule has 1 aliphatic heterocycles. The van der Waals surface area contributed by atoms with Crippen LogP contribution in [0.4, 0.5) is 0 Å². The van der Waals surface area contributed by atoms with Crippen molar-refractivity contribution < 1.29 is 19.1 Å². The number of carbonyl (C=O) groups is 2. The lowest BCUT2D eigenvalue weighted by Gasteiger charge is -2.30. The Morgan fingerprint density at radius 3 is 2.81 bits per heavy atom. The van der Waals surface area contributed by atoms with E-state index in [1.165, 1.54) is 7.11 Å². The lowest BCUT2D eigenvalue weighted by molar-refractivity contribution is -0.152. The van der Waals surface area contributed by atoms with Crippen LogP contribution in [-0.4, -0.2) is 48.6 Å². The van der Waals surface area contributed by atoms with E-state index in [-0.39, 0.29) is 35.7 Å². The Hall–Kier alpha value is -1.94. The van der Waals surface area contributed by atoms with Gasteiger partial charge >= 0.3 is 5.97 Å². The molecule has 0 radical (unpaired) electrons. The second-order valence-corrected chi connectivity index (χ2v) is 5.90. The molecule has 112 valence electrons. The molecule has 1 amide bonds. The van der Waals surface area contributed by atoms with Crippen molar-refractivity contribution in [3.63, 3.8) is 0 Å². The molecule has 5 atom stereocenters. The first-order valence-electron chi connectivity index (χ1n) is 7.31. The van der Waals surface area contributed by atoms with E-state index in [9.17, 15) is 14.4 Å². The third kappa shape index (κ3) is 2.20. The SMILES string of the molecule is COC(=O)C1CCCN1C(=O)[C@H]1[C@@H](N=C=O)[C@H]2C=C[C@@H]1C2. The molecule has 2 bridgehead atoms. The number of methoxy groups -OCH3 is 1. The number of hydrogen-bond donors (Lipinski definition) is 0. The third-order valence-corrected chi connectivity index (χ3v) is 4.91. The highest BCUT2D eigenvalue weighted by Gasteiger charge is 2.51. The number of likely N-dealkylation sites (tertiary alicyclic amines) is 1. The maximum atomic E-state index is 12.8. The molecule has 1 unspecified atom stereocenters. The number of fused-ring (bicyclic) bond motifs is 2. The molecule has 21 heavy (non-hydrogen) atoms. The van der Waals surface area contributed by atoms with Gasteiger partial charge in [0.25, 0.3) is 0 Å². The van der Waals surface area contributed by atoms with Gasteiger partial charge in [-0.05, 0) is 25.2 Å².